The van der Waals surface area contributed by atoms with E-state index >= 15 is 0 Å². The van der Waals surface area contributed by atoms with Gasteiger partial charge in [-0.3, -0.25) is 4.79 Å². The lowest BCUT2D eigenvalue weighted by Gasteiger charge is -1.85. The van der Waals surface area contributed by atoms with E-state index in [0.29, 0.717) is 26.3 Å². The Hall–Kier alpha value is -2.49. The first-order valence-electron chi connectivity index (χ1n) is 5.24. The molecular formula is C13H9N2O2+. The van der Waals surface area contributed by atoms with Gasteiger partial charge in [0.25, 0.3) is 0 Å². The molecule has 0 atom stereocenters. The van der Waals surface area contributed by atoms with Crippen molar-refractivity contribution in [3.05, 3.63) is 63.7 Å². The van der Waals surface area contributed by atoms with Crippen LogP contribution in [0.15, 0.2) is 53.3 Å². The van der Waals surface area contributed by atoms with Crippen molar-refractivity contribution in [2.45, 2.75) is 0 Å². The van der Waals surface area contributed by atoms with Crippen molar-refractivity contribution >= 4 is 21.8 Å². The van der Waals surface area contributed by atoms with E-state index in [1.807, 2.05) is 0 Å². The van der Waals surface area contributed by atoms with Gasteiger partial charge in [-0.1, -0.05) is 24.3 Å². The number of benzene rings is 2. The van der Waals surface area contributed by atoms with Gasteiger partial charge in [-0.25, -0.2) is 0 Å². The second-order valence-electron chi connectivity index (χ2n) is 3.80. The molecule has 0 saturated heterocycles. The third-order valence-corrected chi connectivity index (χ3v) is 2.76. The Balaban J connectivity index is 2.79. The molecule has 4 heteroatoms. The summed E-state index contributed by atoms with van der Waals surface area (Å²) in [6.07, 6.45) is 0. The molecule has 0 unspecified atom stereocenters. The van der Waals surface area contributed by atoms with E-state index in [4.69, 9.17) is 0 Å². The van der Waals surface area contributed by atoms with Gasteiger partial charge >= 0.3 is 5.52 Å². The molecule has 0 amide bonds. The molecule has 82 valence electrons. The molecule has 3 rings (SSSR count). The summed E-state index contributed by atoms with van der Waals surface area (Å²) in [6.45, 7) is 0. The highest BCUT2D eigenvalue weighted by molar-refractivity contribution is 5.86. The van der Waals surface area contributed by atoms with Crippen LogP contribution in [0.3, 0.4) is 0 Å². The van der Waals surface area contributed by atoms with Crippen LogP contribution >= 0.6 is 0 Å². The fourth-order valence-corrected chi connectivity index (χ4v) is 1.94. The number of fused-ring (bicyclic) bond motifs is 2. The Bertz CT molecular complexity index is 837. The van der Waals surface area contributed by atoms with Gasteiger partial charge in [-0.15, -0.1) is 5.10 Å². The summed E-state index contributed by atoms with van der Waals surface area (Å²) >= 11 is 0. The van der Waals surface area contributed by atoms with Crippen LogP contribution in [0.2, 0.25) is 0 Å². The zero-order valence-corrected chi connectivity index (χ0v) is 8.88. The monoisotopic (exact) mass is 225 g/mol. The summed E-state index contributed by atoms with van der Waals surface area (Å²) in [7, 11) is 0. The fourth-order valence-electron chi connectivity index (χ4n) is 1.94. The average molecular weight is 225 g/mol. The Kier molecular flexibility index (Phi) is 2.01. The largest absolute Gasteiger partial charge is 0.303 e. The summed E-state index contributed by atoms with van der Waals surface area (Å²) in [5, 5.41) is 3.59. The highest BCUT2D eigenvalue weighted by Crippen LogP contribution is 2.08. The number of para-hydroxylation sites is 2. The van der Waals surface area contributed by atoms with E-state index < -0.39 is 0 Å². The van der Waals surface area contributed by atoms with Crippen LogP contribution in [0, 0.1) is 4.91 Å². The number of aromatic amines is 1. The predicted octanol–water partition coefficient (Wildman–Crippen LogP) is 1.60. The van der Waals surface area contributed by atoms with Crippen LogP contribution in [0.1, 0.15) is 0 Å². The van der Waals surface area contributed by atoms with Crippen LogP contribution in [-0.2, 0) is 0 Å². The van der Waals surface area contributed by atoms with Crippen LogP contribution < -0.4 is 9.97 Å². The summed E-state index contributed by atoms with van der Waals surface area (Å²) in [5.41, 5.74) is 0.736. The van der Waals surface area contributed by atoms with Crippen molar-refractivity contribution < 1.29 is 4.54 Å². The Morgan fingerprint density at radius 1 is 0.882 bits per heavy atom. The van der Waals surface area contributed by atoms with Crippen LogP contribution in [0.5, 0.6) is 0 Å². The van der Waals surface area contributed by atoms with Gasteiger partial charge in [0, 0.05) is 6.07 Å². The van der Waals surface area contributed by atoms with Gasteiger partial charge in [-0.2, -0.15) is 0 Å². The Morgan fingerprint density at radius 2 is 1.53 bits per heavy atom. The number of H-pyrrole nitrogens is 1. The van der Waals surface area contributed by atoms with Crippen molar-refractivity contribution in [1.82, 2.24) is 5.10 Å². The molecule has 4 nitrogen and oxygen atoms in total. The minimum atomic E-state index is -0.137. The smallest absolute Gasteiger partial charge is 0.288 e. The Morgan fingerprint density at radius 3 is 2.35 bits per heavy atom. The topological polar surface area (TPSA) is 55.8 Å². The lowest BCUT2D eigenvalue weighted by molar-refractivity contribution is -0.532. The van der Waals surface area contributed by atoms with Crippen molar-refractivity contribution in [2.24, 2.45) is 0 Å². The SMILES string of the molecule is O=c1c2ccccc2[nH][n+](=O)c2ccccc12. The van der Waals surface area contributed by atoms with Crippen LogP contribution in [-0.4, -0.2) is 5.10 Å². The molecule has 0 fully saturated rings. The maximum Gasteiger partial charge on any atom is 0.303 e. The number of nitrogens with one attached hydrogen (secondary N) is 1. The van der Waals surface area contributed by atoms with Crippen LogP contribution in [0.4, 0.5) is 0 Å². The molecule has 0 saturated carbocycles. The molecular weight excluding hydrogens is 216 g/mol. The molecule has 3 aromatic rings. The molecule has 17 heavy (non-hydrogen) atoms. The second kappa shape index (κ2) is 3.52. The predicted molar refractivity (Wildman–Crippen MR) is 65.4 cm³/mol. The number of hydrogen-bond donors (Lipinski definition) is 1. The maximum atomic E-state index is 12.3. The zero-order valence-electron chi connectivity index (χ0n) is 8.88. The number of rotatable bonds is 0. The molecule has 1 heterocycles. The van der Waals surface area contributed by atoms with E-state index in [9.17, 15) is 9.70 Å². The first kappa shape index (κ1) is 9.72. The third-order valence-electron chi connectivity index (χ3n) is 2.76. The summed E-state index contributed by atoms with van der Waals surface area (Å²) in [6, 6.07) is 13.7. The number of nitrogens with zero attached hydrogens (tertiary/aromatic N) is 1. The van der Waals surface area contributed by atoms with Gasteiger partial charge in [0.2, 0.25) is 5.43 Å². The first-order chi connectivity index (χ1) is 8.27. The number of aromatic nitrogens is 2. The van der Waals surface area contributed by atoms with Gasteiger partial charge in [0.05, 0.1) is 10.3 Å². The standard InChI is InChI=1S/C13H8N2O2/c16-13-9-5-1-3-7-11(9)14-15(17)12-8-4-2-6-10(12)13/h1-8H/p+1. The van der Waals surface area contributed by atoms with Crippen LogP contribution in [0.25, 0.3) is 21.8 Å². The molecule has 0 aliphatic rings. The molecule has 0 spiro atoms. The fraction of sp³-hybridized carbons (Fsp3) is 0. The molecule has 0 aliphatic heterocycles. The summed E-state index contributed by atoms with van der Waals surface area (Å²) in [5.74, 6) is 0. The highest BCUT2D eigenvalue weighted by atomic mass is 16.3. The van der Waals surface area contributed by atoms with Gasteiger partial charge in [0.1, 0.15) is 10.9 Å². The highest BCUT2D eigenvalue weighted by Gasteiger charge is 2.10. The molecule has 0 radical (unpaired) electrons. The van der Waals surface area contributed by atoms with E-state index in [1.54, 1.807) is 48.5 Å². The average Bonchev–Trinajstić information content (AvgIpc) is 2.48. The Labute approximate surface area is 95.7 Å². The first-order valence-corrected chi connectivity index (χ1v) is 5.24. The second-order valence-corrected chi connectivity index (χ2v) is 3.80. The molecule has 1 N–H and O–H groups in total. The van der Waals surface area contributed by atoms with E-state index in [0.717, 1.165) is 0 Å². The van der Waals surface area contributed by atoms with Crippen molar-refractivity contribution in [3.8, 4) is 0 Å². The van der Waals surface area contributed by atoms with Gasteiger partial charge < -0.3 is 0 Å². The molecule has 0 bridgehead atoms. The summed E-state index contributed by atoms with van der Waals surface area (Å²) < 4.78 is 0.624. The van der Waals surface area contributed by atoms with E-state index in [-0.39, 0.29) is 5.43 Å². The number of hydrogen-bond acceptors (Lipinski definition) is 2. The molecule has 0 aliphatic carbocycles. The molecule has 2 aromatic carbocycles. The lowest BCUT2D eigenvalue weighted by atomic mass is 10.2. The third kappa shape index (κ3) is 1.42. The maximum absolute atomic E-state index is 12.3. The van der Waals surface area contributed by atoms with Gasteiger partial charge in [0.15, 0.2) is 4.54 Å². The molecule has 1 aromatic heterocycles. The zero-order chi connectivity index (χ0) is 11.8. The normalized spacial score (nSPS) is 10.8. The minimum absolute atomic E-state index is 0.137. The lowest BCUT2D eigenvalue weighted by Crippen LogP contribution is -2.17. The quantitative estimate of drug-likeness (QED) is 0.591. The van der Waals surface area contributed by atoms with E-state index in [1.165, 1.54) is 0 Å². The van der Waals surface area contributed by atoms with Crippen molar-refractivity contribution in [1.29, 1.82) is 0 Å². The van der Waals surface area contributed by atoms with Crippen molar-refractivity contribution in [2.75, 3.05) is 0 Å². The van der Waals surface area contributed by atoms with Crippen molar-refractivity contribution in [3.63, 3.8) is 0 Å². The van der Waals surface area contributed by atoms with Gasteiger partial charge in [-0.05, 0) is 18.2 Å². The summed E-state index contributed by atoms with van der Waals surface area (Å²) in [4.78, 5) is 24.1. The van der Waals surface area contributed by atoms with E-state index in [2.05, 4.69) is 5.10 Å². The minimum Gasteiger partial charge on any atom is -0.288 e.